The maximum absolute atomic E-state index is 11.9. The number of carbonyl (C=O) groups is 2. The molecule has 1 aliphatic rings. The number of carbonyl (C=O) groups excluding carboxylic acids is 2. The number of pyridine rings is 4. The zero-order valence-corrected chi connectivity index (χ0v) is 47.9. The average Bonchev–Trinajstić information content (AvgIpc) is 1.59. The van der Waals surface area contributed by atoms with Crippen LogP contribution >= 0.6 is 15.6 Å². The third kappa shape index (κ3) is 42.2. The SMILES string of the molecule is F[P-](F)(F)(F)(F)F.F[P-](F)(F)(F)(F)F.O=C(Nc1ccccc1)OCC[n+]1ccc(-c2cc[n+](CCOC(=O)Nc3ccccc3)cc2)cc1.c1cc2nc(c1)COCCOCCOCCOCc1cccc(n1)COCCOCCOCCOC2. The molecule has 0 saturated carbocycles. The summed E-state index contributed by atoms with van der Waals surface area (Å²) in [5.74, 6) is 0. The number of halogens is 12. The second kappa shape index (κ2) is 34.0. The predicted octanol–water partition coefficient (Wildman–Crippen LogP) is 13.5. The molecule has 86 heavy (non-hydrogen) atoms. The summed E-state index contributed by atoms with van der Waals surface area (Å²) in [7, 11) is -21.3. The van der Waals surface area contributed by atoms with Crippen molar-refractivity contribution in [3.63, 3.8) is 0 Å². The van der Waals surface area contributed by atoms with Gasteiger partial charge in [0.15, 0.2) is 51.1 Å². The molecule has 478 valence electrons. The Morgan fingerprint density at radius 1 is 0.372 bits per heavy atom. The van der Waals surface area contributed by atoms with Crippen LogP contribution in [-0.2, 0) is 86.9 Å². The summed E-state index contributed by atoms with van der Waals surface area (Å²) < 4.78 is 178. The summed E-state index contributed by atoms with van der Waals surface area (Å²) in [5.41, 5.74) is 6.97. The fourth-order valence-electron chi connectivity index (χ4n) is 6.64. The summed E-state index contributed by atoms with van der Waals surface area (Å²) in [5, 5.41) is 5.38. The summed E-state index contributed by atoms with van der Waals surface area (Å²) in [4.78, 5) is 32.9. The molecule has 0 aliphatic carbocycles. The molecule has 4 bridgehead atoms. The molecule has 2 amide bonds. The topological polar surface area (TPSA) is 184 Å². The Balaban J connectivity index is 0.000000301. The van der Waals surface area contributed by atoms with Crippen molar-refractivity contribution >= 4 is 39.2 Å². The number of fused-ring (bicyclic) bond motifs is 4. The normalized spacial score (nSPS) is 16.4. The van der Waals surface area contributed by atoms with Crippen molar-refractivity contribution < 1.29 is 116 Å². The molecule has 0 atom stereocenters. The molecule has 0 fully saturated rings. The number of nitrogens with one attached hydrogen (secondary N) is 2. The molecule has 2 aromatic carbocycles. The van der Waals surface area contributed by atoms with Crippen molar-refractivity contribution in [2.45, 2.75) is 39.5 Å². The van der Waals surface area contributed by atoms with E-state index in [0.717, 1.165) is 33.9 Å². The van der Waals surface area contributed by atoms with Gasteiger partial charge in [-0.15, -0.1) is 0 Å². The number of hydrogen-bond donors (Lipinski definition) is 2. The van der Waals surface area contributed by atoms with Crippen molar-refractivity contribution in [1.82, 2.24) is 9.97 Å². The minimum atomic E-state index is -10.7. The number of aromatic nitrogens is 4. The maximum atomic E-state index is 11.9. The Labute approximate surface area is 487 Å². The molecule has 32 heteroatoms. The van der Waals surface area contributed by atoms with Crippen LogP contribution in [0.3, 0.4) is 0 Å². The smallest absolute Gasteiger partial charge is 0.411 e. The van der Waals surface area contributed by atoms with Gasteiger partial charge in [-0.25, -0.2) is 18.7 Å². The summed E-state index contributed by atoms with van der Waals surface area (Å²) >= 11 is 0. The largest absolute Gasteiger partial charge is 0.443 e. The van der Waals surface area contributed by atoms with E-state index < -0.39 is 27.8 Å². The first-order chi connectivity index (χ1) is 40.5. The summed E-state index contributed by atoms with van der Waals surface area (Å²) in [6.45, 7) is 9.32. The number of anilines is 2. The number of amides is 2. The van der Waals surface area contributed by atoms with Gasteiger partial charge in [0, 0.05) is 35.6 Å². The fourth-order valence-corrected chi connectivity index (χ4v) is 6.64. The minimum absolute atomic E-state index is 0.263. The number of para-hydroxylation sites is 2. The zero-order valence-electron chi connectivity index (χ0n) is 46.1. The van der Waals surface area contributed by atoms with E-state index in [1.807, 2.05) is 131 Å². The number of ether oxygens (including phenoxy) is 10. The molecule has 0 radical (unpaired) electrons. The Morgan fingerprint density at radius 3 is 0.872 bits per heavy atom. The van der Waals surface area contributed by atoms with E-state index in [9.17, 15) is 60.0 Å². The maximum Gasteiger partial charge on any atom is 0.411 e. The van der Waals surface area contributed by atoms with Crippen molar-refractivity contribution in [2.24, 2.45) is 0 Å². The van der Waals surface area contributed by atoms with E-state index in [2.05, 4.69) is 20.6 Å². The molecule has 7 rings (SSSR count). The van der Waals surface area contributed by atoms with Crippen LogP contribution in [0.15, 0.2) is 146 Å². The van der Waals surface area contributed by atoms with Crippen LogP contribution < -0.4 is 19.8 Å². The van der Waals surface area contributed by atoms with E-state index in [0.29, 0.717) is 130 Å². The third-order valence-electron chi connectivity index (χ3n) is 10.3. The Hall–Kier alpha value is -6.72. The van der Waals surface area contributed by atoms with E-state index in [4.69, 9.17) is 47.4 Å². The van der Waals surface area contributed by atoms with Gasteiger partial charge in [-0.3, -0.25) is 20.6 Å². The second-order valence-electron chi connectivity index (χ2n) is 17.7. The molecule has 1 aliphatic heterocycles. The van der Waals surface area contributed by atoms with Crippen LogP contribution in [0.1, 0.15) is 22.8 Å². The van der Waals surface area contributed by atoms with Gasteiger partial charge in [-0.2, -0.15) is 0 Å². The van der Waals surface area contributed by atoms with Gasteiger partial charge in [0.1, 0.15) is 0 Å². The second-order valence-corrected chi connectivity index (χ2v) is 21.6. The molecule has 5 heterocycles. The van der Waals surface area contributed by atoms with Crippen LogP contribution in [0.25, 0.3) is 11.1 Å². The average molecular weight is 1280 g/mol. The van der Waals surface area contributed by atoms with E-state index in [1.54, 1.807) is 24.3 Å². The first kappa shape index (κ1) is 71.8. The van der Waals surface area contributed by atoms with Crippen LogP contribution in [0.4, 0.5) is 71.3 Å². The summed E-state index contributed by atoms with van der Waals surface area (Å²) in [6, 6.07) is 38.1. The van der Waals surface area contributed by atoms with Crippen LogP contribution in [0.2, 0.25) is 0 Å². The molecule has 0 spiro atoms. The van der Waals surface area contributed by atoms with Crippen molar-refractivity contribution in [1.29, 1.82) is 0 Å². The standard InChI is InChI=1S/C28H26N4O4.C26H38N2O8.2F6P/c33-27(29-25-7-3-1-4-8-25)35-21-19-31-15-11-23(12-16-31)24-13-17-32(18-14-24)20-22-36-28(34)30-26-9-5-2-6-10-26;1-3-23-19-33-15-11-29-7-9-31-13-17-35-21-25-5-2-6-26(28-25)22-36-18-14-32-10-8-30-12-16-34-20-24(4-1)27-23;2*1-7(2,3,4,5)6/h1-18H,19-22H2;1-6H,7-22H2;;/q;;2*-1/p+2. The minimum Gasteiger partial charge on any atom is -0.443 e. The Kier molecular flexibility index (Phi) is 28.4. The van der Waals surface area contributed by atoms with Gasteiger partial charge >= 0.3 is 78.2 Å². The van der Waals surface area contributed by atoms with Crippen molar-refractivity contribution in [2.75, 3.05) is 103 Å². The monoisotopic (exact) mass is 1280 g/mol. The molecular weight excluding hydrogens is 1210 g/mol. The van der Waals surface area contributed by atoms with E-state index >= 15 is 0 Å². The third-order valence-corrected chi connectivity index (χ3v) is 10.3. The van der Waals surface area contributed by atoms with Crippen molar-refractivity contribution in [3.05, 3.63) is 169 Å². The van der Waals surface area contributed by atoms with Crippen LogP contribution in [0, 0.1) is 0 Å². The van der Waals surface area contributed by atoms with Gasteiger partial charge in [0.05, 0.1) is 128 Å². The van der Waals surface area contributed by atoms with Gasteiger partial charge in [-0.1, -0.05) is 48.5 Å². The van der Waals surface area contributed by atoms with Gasteiger partial charge in [0.2, 0.25) is 0 Å². The number of nitrogens with zero attached hydrogens (tertiary/aromatic N) is 4. The zero-order chi connectivity index (χ0) is 62.8. The number of benzene rings is 2. The first-order valence-electron chi connectivity index (χ1n) is 26.1. The molecular formula is C54H66F12N6O12P2. The Bertz CT molecular complexity index is 2630. The van der Waals surface area contributed by atoms with Gasteiger partial charge < -0.3 is 47.4 Å². The van der Waals surface area contributed by atoms with E-state index in [-0.39, 0.29) is 13.2 Å². The fraction of sp³-hybridized carbons (Fsp3) is 0.370. The molecule has 18 nitrogen and oxygen atoms in total. The van der Waals surface area contributed by atoms with Crippen LogP contribution in [-0.4, -0.2) is 115 Å². The molecule has 2 N–H and O–H groups in total. The molecule has 0 saturated heterocycles. The molecule has 4 aromatic heterocycles. The predicted molar refractivity (Wildman–Crippen MR) is 293 cm³/mol. The van der Waals surface area contributed by atoms with Gasteiger partial charge in [0.25, 0.3) is 0 Å². The Morgan fingerprint density at radius 2 is 0.616 bits per heavy atom. The summed E-state index contributed by atoms with van der Waals surface area (Å²) in [6.07, 6.45) is 6.86. The van der Waals surface area contributed by atoms with E-state index in [1.165, 1.54) is 0 Å². The number of hydrogen-bond acceptors (Lipinski definition) is 14. The molecule has 6 aromatic rings. The first-order valence-corrected chi connectivity index (χ1v) is 30.1. The van der Waals surface area contributed by atoms with Gasteiger partial charge in [-0.05, 0) is 59.7 Å². The number of rotatable bonds is 9. The van der Waals surface area contributed by atoms with Crippen LogP contribution in [0.5, 0.6) is 0 Å². The van der Waals surface area contributed by atoms with Crippen molar-refractivity contribution in [3.8, 4) is 11.1 Å². The quantitative estimate of drug-likeness (QED) is 0.0791. The molecule has 0 unspecified atom stereocenters.